The van der Waals surface area contributed by atoms with Crippen LogP contribution in [0, 0.1) is 0 Å². The fourth-order valence-corrected chi connectivity index (χ4v) is 3.71. The van der Waals surface area contributed by atoms with Crippen LogP contribution in [0.3, 0.4) is 0 Å². The third kappa shape index (κ3) is 5.17. The number of rotatable bonds is 5. The summed E-state index contributed by atoms with van der Waals surface area (Å²) in [4.78, 5) is 19.4. The number of amides is 1. The van der Waals surface area contributed by atoms with Gasteiger partial charge in [0.25, 0.3) is 0 Å². The van der Waals surface area contributed by atoms with Crippen LogP contribution in [0.4, 0.5) is 0 Å². The van der Waals surface area contributed by atoms with Gasteiger partial charge in [-0.25, -0.2) is 0 Å². The zero-order valence-corrected chi connectivity index (χ0v) is 16.2. The lowest BCUT2D eigenvalue weighted by molar-refractivity contribution is -0.133. The SMILES string of the molecule is CC(c1ccccc1)N(C)C(=O)CN1CCN(C2CCNC2)CC1.Cl. The fourth-order valence-electron chi connectivity index (χ4n) is 3.71. The van der Waals surface area contributed by atoms with E-state index in [2.05, 4.69) is 34.2 Å². The van der Waals surface area contributed by atoms with Crippen molar-refractivity contribution in [3.05, 3.63) is 35.9 Å². The van der Waals surface area contributed by atoms with Crippen molar-refractivity contribution in [1.82, 2.24) is 20.0 Å². The minimum absolute atomic E-state index is 0. The second-order valence-electron chi connectivity index (χ2n) is 7.05. The molecule has 2 aliphatic heterocycles. The van der Waals surface area contributed by atoms with Crippen molar-refractivity contribution in [3.8, 4) is 0 Å². The number of likely N-dealkylation sites (N-methyl/N-ethyl adjacent to an activating group) is 1. The molecule has 2 unspecified atom stereocenters. The first kappa shape index (κ1) is 20.2. The molecule has 2 heterocycles. The van der Waals surface area contributed by atoms with Crippen LogP contribution in [0.25, 0.3) is 0 Å². The number of piperazine rings is 1. The highest BCUT2D eigenvalue weighted by atomic mass is 35.5. The van der Waals surface area contributed by atoms with E-state index in [1.165, 1.54) is 12.0 Å². The minimum Gasteiger partial charge on any atom is -0.338 e. The third-order valence-corrected chi connectivity index (χ3v) is 5.57. The van der Waals surface area contributed by atoms with Crippen LogP contribution in [0.2, 0.25) is 0 Å². The monoisotopic (exact) mass is 366 g/mol. The van der Waals surface area contributed by atoms with Crippen molar-refractivity contribution in [2.45, 2.75) is 25.4 Å². The lowest BCUT2D eigenvalue weighted by atomic mass is 10.1. The first-order valence-corrected chi connectivity index (χ1v) is 9.13. The van der Waals surface area contributed by atoms with E-state index in [1.807, 2.05) is 30.1 Å². The molecule has 2 aliphatic rings. The Bertz CT molecular complexity index is 527. The van der Waals surface area contributed by atoms with E-state index in [0.29, 0.717) is 12.6 Å². The van der Waals surface area contributed by atoms with Crippen LogP contribution >= 0.6 is 12.4 Å². The molecule has 140 valence electrons. The highest BCUT2D eigenvalue weighted by Gasteiger charge is 2.27. The maximum atomic E-state index is 12.6. The van der Waals surface area contributed by atoms with Gasteiger partial charge in [-0.05, 0) is 25.5 Å². The molecule has 0 radical (unpaired) electrons. The number of benzene rings is 1. The van der Waals surface area contributed by atoms with Crippen LogP contribution in [0.5, 0.6) is 0 Å². The Kier molecular flexibility index (Phi) is 7.69. The van der Waals surface area contributed by atoms with Crippen LogP contribution in [-0.2, 0) is 4.79 Å². The Hall–Kier alpha value is -1.14. The predicted octanol–water partition coefficient (Wildman–Crippen LogP) is 1.61. The van der Waals surface area contributed by atoms with E-state index in [-0.39, 0.29) is 24.4 Å². The number of carbonyl (C=O) groups is 1. The molecule has 6 heteroatoms. The van der Waals surface area contributed by atoms with E-state index < -0.39 is 0 Å². The fraction of sp³-hybridized carbons (Fsp3) is 0.632. The Morgan fingerprint density at radius 3 is 2.52 bits per heavy atom. The Morgan fingerprint density at radius 2 is 1.92 bits per heavy atom. The van der Waals surface area contributed by atoms with E-state index in [0.717, 1.165) is 39.3 Å². The average Bonchev–Trinajstić information content (AvgIpc) is 3.16. The van der Waals surface area contributed by atoms with E-state index in [1.54, 1.807) is 0 Å². The van der Waals surface area contributed by atoms with E-state index in [4.69, 9.17) is 0 Å². The van der Waals surface area contributed by atoms with Crippen molar-refractivity contribution in [1.29, 1.82) is 0 Å². The highest BCUT2D eigenvalue weighted by molar-refractivity contribution is 5.85. The maximum absolute atomic E-state index is 12.6. The summed E-state index contributed by atoms with van der Waals surface area (Å²) in [6.45, 7) is 9.05. The molecule has 3 rings (SSSR count). The van der Waals surface area contributed by atoms with Gasteiger partial charge in [-0.2, -0.15) is 0 Å². The van der Waals surface area contributed by atoms with Gasteiger partial charge >= 0.3 is 0 Å². The summed E-state index contributed by atoms with van der Waals surface area (Å²) >= 11 is 0. The highest BCUT2D eigenvalue weighted by Crippen LogP contribution is 2.19. The van der Waals surface area contributed by atoms with Gasteiger partial charge in [0.05, 0.1) is 12.6 Å². The maximum Gasteiger partial charge on any atom is 0.236 e. The van der Waals surface area contributed by atoms with Crippen molar-refractivity contribution >= 4 is 18.3 Å². The molecule has 2 saturated heterocycles. The Morgan fingerprint density at radius 1 is 1.24 bits per heavy atom. The molecular weight excluding hydrogens is 336 g/mol. The van der Waals surface area contributed by atoms with E-state index in [9.17, 15) is 4.79 Å². The molecule has 1 aromatic carbocycles. The molecule has 25 heavy (non-hydrogen) atoms. The summed E-state index contributed by atoms with van der Waals surface area (Å²) in [5.41, 5.74) is 1.19. The summed E-state index contributed by atoms with van der Waals surface area (Å²) in [6.07, 6.45) is 1.26. The summed E-state index contributed by atoms with van der Waals surface area (Å²) < 4.78 is 0. The first-order valence-electron chi connectivity index (χ1n) is 9.13. The summed E-state index contributed by atoms with van der Waals surface area (Å²) in [7, 11) is 1.92. The predicted molar refractivity (Wildman–Crippen MR) is 104 cm³/mol. The molecule has 1 N–H and O–H groups in total. The molecule has 2 fully saturated rings. The van der Waals surface area contributed by atoms with Gasteiger partial charge in [-0.3, -0.25) is 14.6 Å². The van der Waals surface area contributed by atoms with Gasteiger partial charge < -0.3 is 10.2 Å². The topological polar surface area (TPSA) is 38.8 Å². The lowest BCUT2D eigenvalue weighted by Gasteiger charge is -2.38. The zero-order chi connectivity index (χ0) is 16.9. The molecule has 1 aromatic rings. The Balaban J connectivity index is 0.00000225. The van der Waals surface area contributed by atoms with Crippen LogP contribution in [-0.4, -0.2) is 79.5 Å². The second kappa shape index (κ2) is 9.53. The molecule has 0 saturated carbocycles. The molecular formula is C19H31ClN4O. The molecule has 1 amide bonds. The quantitative estimate of drug-likeness (QED) is 0.859. The molecule has 0 bridgehead atoms. The molecule has 2 atom stereocenters. The Labute approximate surface area is 157 Å². The van der Waals surface area contributed by atoms with Crippen molar-refractivity contribution < 1.29 is 4.79 Å². The van der Waals surface area contributed by atoms with Crippen molar-refractivity contribution in [3.63, 3.8) is 0 Å². The normalized spacial score (nSPS) is 23.0. The molecule has 0 spiro atoms. The molecule has 0 aromatic heterocycles. The lowest BCUT2D eigenvalue weighted by Crippen LogP contribution is -2.53. The second-order valence-corrected chi connectivity index (χ2v) is 7.05. The van der Waals surface area contributed by atoms with Crippen LogP contribution in [0.1, 0.15) is 24.9 Å². The van der Waals surface area contributed by atoms with Gasteiger partial charge in [-0.15, -0.1) is 12.4 Å². The molecule has 5 nitrogen and oxygen atoms in total. The summed E-state index contributed by atoms with van der Waals surface area (Å²) in [5, 5.41) is 3.44. The standard InChI is InChI=1S/C19H30N4O.ClH/c1-16(17-6-4-3-5-7-17)21(2)19(24)15-22-10-12-23(13-11-22)18-8-9-20-14-18;/h3-7,16,18,20H,8-15H2,1-2H3;1H. The van der Waals surface area contributed by atoms with Crippen molar-refractivity contribution in [2.24, 2.45) is 0 Å². The van der Waals surface area contributed by atoms with Gasteiger partial charge in [0, 0.05) is 45.8 Å². The van der Waals surface area contributed by atoms with Crippen LogP contribution < -0.4 is 5.32 Å². The largest absolute Gasteiger partial charge is 0.338 e. The van der Waals surface area contributed by atoms with Crippen LogP contribution in [0.15, 0.2) is 30.3 Å². The van der Waals surface area contributed by atoms with Gasteiger partial charge in [0.1, 0.15) is 0 Å². The average molecular weight is 367 g/mol. The minimum atomic E-state index is 0. The number of hydrogen-bond donors (Lipinski definition) is 1. The van der Waals surface area contributed by atoms with Crippen molar-refractivity contribution in [2.75, 3.05) is 52.9 Å². The number of nitrogens with one attached hydrogen (secondary N) is 1. The smallest absolute Gasteiger partial charge is 0.236 e. The zero-order valence-electron chi connectivity index (χ0n) is 15.4. The summed E-state index contributed by atoms with van der Waals surface area (Å²) in [6, 6.07) is 11.1. The van der Waals surface area contributed by atoms with Gasteiger partial charge in [0.2, 0.25) is 5.91 Å². The first-order chi connectivity index (χ1) is 11.6. The molecule has 0 aliphatic carbocycles. The van der Waals surface area contributed by atoms with Gasteiger partial charge in [-0.1, -0.05) is 30.3 Å². The summed E-state index contributed by atoms with van der Waals surface area (Å²) in [5.74, 6) is 0.210. The number of halogens is 1. The number of hydrogen-bond acceptors (Lipinski definition) is 4. The van der Waals surface area contributed by atoms with Gasteiger partial charge in [0.15, 0.2) is 0 Å². The van der Waals surface area contributed by atoms with E-state index >= 15 is 0 Å². The third-order valence-electron chi connectivity index (χ3n) is 5.57. The number of nitrogens with zero attached hydrogens (tertiary/aromatic N) is 3. The number of carbonyl (C=O) groups excluding carboxylic acids is 1.